The minimum absolute atomic E-state index is 0.0931. The lowest BCUT2D eigenvalue weighted by Crippen LogP contribution is -2.30. The zero-order chi connectivity index (χ0) is 11.4. The van der Waals surface area contributed by atoms with E-state index in [2.05, 4.69) is 0 Å². The fourth-order valence-corrected chi connectivity index (χ4v) is 1.18. The number of halogens is 1. The molecule has 0 aliphatic carbocycles. The zero-order valence-corrected chi connectivity index (χ0v) is 8.22. The summed E-state index contributed by atoms with van der Waals surface area (Å²) in [5.74, 6) is -0.479. The molecule has 80 valence electrons. The Labute approximate surface area is 87.1 Å². The molecule has 0 spiro atoms. The fraction of sp³-hybridized carbons (Fsp3) is 0.222. The first-order valence-corrected chi connectivity index (χ1v) is 4.34. The lowest BCUT2D eigenvalue weighted by Gasteiger charge is -2.12. The van der Waals surface area contributed by atoms with Gasteiger partial charge in [-0.2, -0.15) is 0 Å². The Balaban J connectivity index is 2.95. The van der Waals surface area contributed by atoms with E-state index in [9.17, 15) is 9.18 Å². The molecule has 0 atom stereocenters. The van der Waals surface area contributed by atoms with Gasteiger partial charge in [0, 0.05) is 19.2 Å². The van der Waals surface area contributed by atoms with Gasteiger partial charge in [-0.1, -0.05) is 12.1 Å². The number of amides is 1. The van der Waals surface area contributed by atoms with E-state index in [0.717, 1.165) is 6.07 Å². The van der Waals surface area contributed by atoms with Crippen molar-refractivity contribution in [2.75, 3.05) is 7.05 Å². The van der Waals surface area contributed by atoms with Gasteiger partial charge in [0.25, 0.3) is 0 Å². The van der Waals surface area contributed by atoms with Crippen molar-refractivity contribution in [3.8, 4) is 0 Å². The van der Waals surface area contributed by atoms with Crippen LogP contribution in [-0.2, 0) is 11.3 Å². The lowest BCUT2D eigenvalue weighted by molar-refractivity contribution is -0.117. The molecule has 15 heavy (non-hydrogen) atoms. The summed E-state index contributed by atoms with van der Waals surface area (Å²) in [4.78, 5) is 11.6. The number of benzene rings is 1. The van der Waals surface area contributed by atoms with E-state index in [0.29, 0.717) is 6.41 Å². The van der Waals surface area contributed by atoms with Crippen LogP contribution in [-0.4, -0.2) is 35.5 Å². The second kappa shape index (κ2) is 4.90. The maximum absolute atomic E-state index is 13.2. The normalized spacial score (nSPS) is 9.87. The van der Waals surface area contributed by atoms with Crippen LogP contribution < -0.4 is 5.46 Å². The number of carbonyl (C=O) groups is 1. The van der Waals surface area contributed by atoms with Crippen LogP contribution in [0.5, 0.6) is 0 Å². The molecule has 0 heterocycles. The van der Waals surface area contributed by atoms with Gasteiger partial charge in [0.1, 0.15) is 5.82 Å². The van der Waals surface area contributed by atoms with Gasteiger partial charge in [-0.25, -0.2) is 4.39 Å². The molecule has 1 amide bonds. The molecule has 0 unspecified atom stereocenters. The van der Waals surface area contributed by atoms with Gasteiger partial charge in [-0.3, -0.25) is 4.79 Å². The highest BCUT2D eigenvalue weighted by molar-refractivity contribution is 6.58. The van der Waals surface area contributed by atoms with Crippen molar-refractivity contribution in [3.05, 3.63) is 29.6 Å². The van der Waals surface area contributed by atoms with E-state index >= 15 is 0 Å². The van der Waals surface area contributed by atoms with Gasteiger partial charge in [-0.15, -0.1) is 0 Å². The van der Waals surface area contributed by atoms with Crippen molar-refractivity contribution >= 4 is 19.0 Å². The number of nitrogens with zero attached hydrogens (tertiary/aromatic N) is 1. The zero-order valence-electron chi connectivity index (χ0n) is 8.22. The average Bonchev–Trinajstić information content (AvgIpc) is 2.20. The molecule has 6 heteroatoms. The van der Waals surface area contributed by atoms with Crippen molar-refractivity contribution in [3.63, 3.8) is 0 Å². The summed E-state index contributed by atoms with van der Waals surface area (Å²) in [6.45, 7) is 0.0931. The quantitative estimate of drug-likeness (QED) is 0.500. The Morgan fingerprint density at radius 3 is 2.73 bits per heavy atom. The van der Waals surface area contributed by atoms with E-state index < -0.39 is 12.9 Å². The summed E-state index contributed by atoms with van der Waals surface area (Å²) in [6, 6.07) is 3.74. The van der Waals surface area contributed by atoms with E-state index in [4.69, 9.17) is 10.0 Å². The van der Waals surface area contributed by atoms with E-state index in [1.54, 1.807) is 0 Å². The van der Waals surface area contributed by atoms with Crippen molar-refractivity contribution in [1.82, 2.24) is 4.90 Å². The first-order chi connectivity index (χ1) is 7.04. The van der Waals surface area contributed by atoms with Crippen LogP contribution in [0.2, 0.25) is 0 Å². The molecule has 1 aromatic rings. The van der Waals surface area contributed by atoms with Gasteiger partial charge in [0.2, 0.25) is 6.41 Å². The van der Waals surface area contributed by atoms with Crippen LogP contribution >= 0.6 is 0 Å². The van der Waals surface area contributed by atoms with E-state index in [-0.39, 0.29) is 17.6 Å². The smallest absolute Gasteiger partial charge is 0.423 e. The number of carbonyl (C=O) groups excluding carboxylic acids is 1. The van der Waals surface area contributed by atoms with Crippen LogP contribution in [0.25, 0.3) is 0 Å². The molecule has 0 bridgehead atoms. The molecule has 0 saturated heterocycles. The van der Waals surface area contributed by atoms with Gasteiger partial charge in [0.05, 0.1) is 0 Å². The fourth-order valence-electron chi connectivity index (χ4n) is 1.18. The van der Waals surface area contributed by atoms with Crippen LogP contribution in [0.1, 0.15) is 5.56 Å². The van der Waals surface area contributed by atoms with E-state index in [1.807, 2.05) is 0 Å². The standard InChI is InChI=1S/C9H11BFNO3/c1-12(6-13)5-7-4-8(10(14)15)2-3-9(7)11/h2-4,6,14-15H,5H2,1H3. The third-order valence-electron chi connectivity index (χ3n) is 1.97. The summed E-state index contributed by atoms with van der Waals surface area (Å²) in [6.07, 6.45) is 0.571. The first-order valence-electron chi connectivity index (χ1n) is 4.34. The molecular formula is C9H11BFNO3. The molecular weight excluding hydrogens is 200 g/mol. The van der Waals surface area contributed by atoms with Crippen molar-refractivity contribution < 1.29 is 19.2 Å². The molecule has 1 aromatic carbocycles. The molecule has 1 rings (SSSR count). The summed E-state index contributed by atoms with van der Waals surface area (Å²) in [5.41, 5.74) is 0.445. The minimum atomic E-state index is -1.63. The maximum atomic E-state index is 13.2. The Bertz CT molecular complexity index is 359. The summed E-state index contributed by atoms with van der Waals surface area (Å²) in [5, 5.41) is 17.8. The Morgan fingerprint density at radius 1 is 1.53 bits per heavy atom. The predicted molar refractivity (Wildman–Crippen MR) is 53.8 cm³/mol. The third-order valence-corrected chi connectivity index (χ3v) is 1.97. The average molecular weight is 211 g/mol. The topological polar surface area (TPSA) is 60.8 Å². The van der Waals surface area contributed by atoms with Gasteiger partial charge >= 0.3 is 7.12 Å². The molecule has 0 aliphatic rings. The monoisotopic (exact) mass is 211 g/mol. The maximum Gasteiger partial charge on any atom is 0.488 e. The summed E-state index contributed by atoms with van der Waals surface area (Å²) < 4.78 is 13.2. The predicted octanol–water partition coefficient (Wildman–Crippen LogP) is -0.906. The van der Waals surface area contributed by atoms with Crippen LogP contribution in [0, 0.1) is 5.82 Å². The summed E-state index contributed by atoms with van der Waals surface area (Å²) >= 11 is 0. The highest BCUT2D eigenvalue weighted by Crippen LogP contribution is 2.07. The molecule has 0 radical (unpaired) electrons. The van der Waals surface area contributed by atoms with Crippen molar-refractivity contribution in [1.29, 1.82) is 0 Å². The van der Waals surface area contributed by atoms with Gasteiger partial charge < -0.3 is 14.9 Å². The van der Waals surface area contributed by atoms with Gasteiger partial charge in [0.15, 0.2) is 0 Å². The van der Waals surface area contributed by atoms with Crippen LogP contribution in [0.3, 0.4) is 0 Å². The number of hydrogen-bond donors (Lipinski definition) is 2. The first kappa shape index (κ1) is 11.7. The van der Waals surface area contributed by atoms with Crippen molar-refractivity contribution in [2.24, 2.45) is 0 Å². The summed E-state index contributed by atoms with van der Waals surface area (Å²) in [7, 11) is -0.125. The molecule has 0 fully saturated rings. The Morgan fingerprint density at radius 2 is 2.20 bits per heavy atom. The SMILES string of the molecule is CN(C=O)Cc1cc(B(O)O)ccc1F. The Kier molecular flexibility index (Phi) is 3.82. The van der Waals surface area contributed by atoms with Gasteiger partial charge in [-0.05, 0) is 11.5 Å². The molecule has 4 nitrogen and oxygen atoms in total. The van der Waals surface area contributed by atoms with Crippen LogP contribution in [0.15, 0.2) is 18.2 Å². The second-order valence-corrected chi connectivity index (χ2v) is 3.25. The number of hydrogen-bond acceptors (Lipinski definition) is 3. The minimum Gasteiger partial charge on any atom is -0.423 e. The lowest BCUT2D eigenvalue weighted by atomic mass is 9.79. The third kappa shape index (κ3) is 3.04. The number of rotatable bonds is 4. The van der Waals surface area contributed by atoms with Crippen molar-refractivity contribution in [2.45, 2.75) is 6.54 Å². The highest BCUT2D eigenvalue weighted by atomic mass is 19.1. The molecule has 0 aliphatic heterocycles. The molecule has 0 saturated carbocycles. The molecule has 0 aromatic heterocycles. The van der Waals surface area contributed by atoms with Crippen LogP contribution in [0.4, 0.5) is 4.39 Å². The largest absolute Gasteiger partial charge is 0.488 e. The van der Waals surface area contributed by atoms with E-state index in [1.165, 1.54) is 24.1 Å². The molecule has 2 N–H and O–H groups in total. The Hall–Kier alpha value is -1.40. The second-order valence-electron chi connectivity index (χ2n) is 3.25. The highest BCUT2D eigenvalue weighted by Gasteiger charge is 2.13.